The van der Waals surface area contributed by atoms with Crippen LogP contribution in [0.4, 0.5) is 31.1 Å². The van der Waals surface area contributed by atoms with Gasteiger partial charge in [-0.15, -0.1) is 0 Å². The SMILES string of the molecule is NC(=O)N1CC(Cc2ccc(C3=CC(c4cc(Cl)cc(C(F)(F)F)c4)(C(F)(F)F)ON3)cc2)C1. The Morgan fingerprint density at radius 3 is 2.32 bits per heavy atom. The molecular weight excluding hydrogens is 488 g/mol. The van der Waals surface area contributed by atoms with Crippen LogP contribution in [0.25, 0.3) is 5.70 Å². The molecule has 2 amide bonds. The number of carbonyl (C=O) groups is 1. The van der Waals surface area contributed by atoms with Crippen molar-refractivity contribution in [3.8, 4) is 0 Å². The summed E-state index contributed by atoms with van der Waals surface area (Å²) in [4.78, 5) is 17.5. The molecule has 1 fully saturated rings. The normalized spacial score (nSPS) is 21.1. The third-order valence-corrected chi connectivity index (χ3v) is 6.02. The van der Waals surface area contributed by atoms with E-state index < -0.39 is 40.1 Å². The van der Waals surface area contributed by atoms with Gasteiger partial charge in [-0.3, -0.25) is 10.3 Å². The van der Waals surface area contributed by atoms with Crippen molar-refractivity contribution < 1.29 is 36.0 Å². The number of nitrogens with two attached hydrogens (primary N) is 1. The van der Waals surface area contributed by atoms with Crippen molar-refractivity contribution in [2.75, 3.05) is 13.1 Å². The molecule has 0 radical (unpaired) electrons. The number of benzene rings is 2. The van der Waals surface area contributed by atoms with Gasteiger partial charge >= 0.3 is 18.4 Å². The van der Waals surface area contributed by atoms with Crippen LogP contribution in [0.1, 0.15) is 22.3 Å². The predicted octanol–water partition coefficient (Wildman–Crippen LogP) is 5.25. The van der Waals surface area contributed by atoms with Gasteiger partial charge in [-0.1, -0.05) is 35.9 Å². The summed E-state index contributed by atoms with van der Waals surface area (Å²) < 4.78 is 81.9. The van der Waals surface area contributed by atoms with E-state index in [1.165, 1.54) is 4.90 Å². The lowest BCUT2D eigenvalue weighted by atomic mass is 9.89. The Hall–Kier alpha value is -2.92. The van der Waals surface area contributed by atoms with E-state index in [2.05, 4.69) is 5.48 Å². The number of likely N-dealkylation sites (tertiary alicyclic amines) is 1. The van der Waals surface area contributed by atoms with E-state index in [9.17, 15) is 31.1 Å². The van der Waals surface area contributed by atoms with Gasteiger partial charge in [0.25, 0.3) is 0 Å². The highest BCUT2D eigenvalue weighted by molar-refractivity contribution is 6.30. The van der Waals surface area contributed by atoms with Gasteiger partial charge < -0.3 is 10.6 Å². The van der Waals surface area contributed by atoms with E-state index in [0.717, 1.165) is 11.6 Å². The Morgan fingerprint density at radius 1 is 1.12 bits per heavy atom. The number of carbonyl (C=O) groups excluding carboxylic acids is 1. The number of primary amides is 1. The van der Waals surface area contributed by atoms with E-state index in [4.69, 9.17) is 22.2 Å². The topological polar surface area (TPSA) is 67.6 Å². The first kappa shape index (κ1) is 24.2. The number of rotatable bonds is 4. The molecule has 3 N–H and O–H groups in total. The van der Waals surface area contributed by atoms with Gasteiger partial charge in [0.1, 0.15) is 0 Å². The van der Waals surface area contributed by atoms with E-state index in [-0.39, 0.29) is 11.6 Å². The van der Waals surface area contributed by atoms with Crippen molar-refractivity contribution in [3.05, 3.63) is 75.8 Å². The molecule has 2 aliphatic rings. The van der Waals surface area contributed by atoms with Crippen LogP contribution in [0, 0.1) is 5.92 Å². The molecule has 1 unspecified atom stereocenters. The first-order chi connectivity index (χ1) is 15.8. The van der Waals surface area contributed by atoms with E-state index in [1.807, 2.05) is 0 Å². The van der Waals surface area contributed by atoms with Crippen molar-refractivity contribution in [2.45, 2.75) is 24.4 Å². The van der Waals surface area contributed by atoms with Crippen molar-refractivity contribution >= 4 is 23.3 Å². The molecule has 1 saturated heterocycles. The lowest BCUT2D eigenvalue weighted by Gasteiger charge is -2.38. The highest BCUT2D eigenvalue weighted by Gasteiger charge is 2.60. The quantitative estimate of drug-likeness (QED) is 0.558. The minimum atomic E-state index is -5.09. The lowest BCUT2D eigenvalue weighted by Crippen LogP contribution is -2.52. The first-order valence-electron chi connectivity index (χ1n) is 10.0. The van der Waals surface area contributed by atoms with Gasteiger partial charge in [0.2, 0.25) is 5.60 Å². The molecule has 182 valence electrons. The molecule has 2 aromatic rings. The Kier molecular flexibility index (Phi) is 5.97. The van der Waals surface area contributed by atoms with Crippen LogP contribution in [-0.4, -0.2) is 30.2 Å². The van der Waals surface area contributed by atoms with Crippen molar-refractivity contribution in [3.63, 3.8) is 0 Å². The molecule has 0 bridgehead atoms. The summed E-state index contributed by atoms with van der Waals surface area (Å²) in [6.45, 7) is 1.07. The molecule has 12 heteroatoms. The first-order valence-corrected chi connectivity index (χ1v) is 10.4. The summed E-state index contributed by atoms with van der Waals surface area (Å²) in [5.74, 6) is 0.231. The summed E-state index contributed by atoms with van der Waals surface area (Å²) in [5.41, 5.74) is 3.31. The smallest absolute Gasteiger partial charge is 0.351 e. The molecule has 2 aromatic carbocycles. The van der Waals surface area contributed by atoms with Crippen LogP contribution in [0.15, 0.2) is 48.5 Å². The molecule has 34 heavy (non-hydrogen) atoms. The van der Waals surface area contributed by atoms with Gasteiger partial charge in [-0.2, -0.15) is 26.3 Å². The van der Waals surface area contributed by atoms with Gasteiger partial charge in [0.15, 0.2) is 0 Å². The summed E-state index contributed by atoms with van der Waals surface area (Å²) in [6, 6.07) is 7.83. The summed E-state index contributed by atoms with van der Waals surface area (Å²) in [6.07, 6.45) is -8.63. The lowest BCUT2D eigenvalue weighted by molar-refractivity contribution is -0.269. The van der Waals surface area contributed by atoms with Crippen LogP contribution in [0.2, 0.25) is 5.02 Å². The highest BCUT2D eigenvalue weighted by atomic mass is 35.5. The molecular formula is C22H18ClF6N3O2. The van der Waals surface area contributed by atoms with Crippen LogP contribution in [-0.2, 0) is 23.0 Å². The molecule has 0 saturated carbocycles. The number of nitrogens with one attached hydrogen (secondary N) is 1. The highest BCUT2D eigenvalue weighted by Crippen LogP contribution is 2.48. The van der Waals surface area contributed by atoms with Crippen LogP contribution < -0.4 is 11.2 Å². The minimum Gasteiger partial charge on any atom is -0.351 e. The average Bonchev–Trinajstić information content (AvgIpc) is 3.16. The number of hydrogen-bond acceptors (Lipinski definition) is 3. The van der Waals surface area contributed by atoms with Crippen LogP contribution >= 0.6 is 11.6 Å². The standard InChI is InChI=1S/C22H18ClF6N3O2/c23-17-7-15(6-16(8-17)21(24,25)26)20(22(27,28)29)9-18(31-34-20)14-3-1-12(2-4-14)5-13-10-32(11-13)19(30)33/h1-4,6-9,13,31H,5,10-11H2,(H2,30,33). The molecule has 2 aliphatic heterocycles. The number of hydroxylamine groups is 1. The van der Waals surface area contributed by atoms with Crippen LogP contribution in [0.3, 0.4) is 0 Å². The van der Waals surface area contributed by atoms with Gasteiger partial charge in [0.05, 0.1) is 11.3 Å². The third kappa shape index (κ3) is 4.54. The van der Waals surface area contributed by atoms with Crippen LogP contribution in [0.5, 0.6) is 0 Å². The van der Waals surface area contributed by atoms with Gasteiger partial charge in [0, 0.05) is 23.7 Å². The molecule has 1 atom stereocenters. The Bertz CT molecular complexity index is 1130. The van der Waals surface area contributed by atoms with Crippen molar-refractivity contribution in [2.24, 2.45) is 11.7 Å². The summed E-state index contributed by atoms with van der Waals surface area (Å²) in [7, 11) is 0. The largest absolute Gasteiger partial charge is 0.428 e. The van der Waals surface area contributed by atoms with E-state index in [0.29, 0.717) is 43.3 Å². The van der Waals surface area contributed by atoms with E-state index >= 15 is 0 Å². The second kappa shape index (κ2) is 8.38. The number of hydrogen-bond donors (Lipinski definition) is 2. The van der Waals surface area contributed by atoms with E-state index in [1.54, 1.807) is 24.3 Å². The Labute approximate surface area is 195 Å². The number of nitrogens with zero attached hydrogens (tertiary/aromatic N) is 1. The number of alkyl halides is 6. The van der Waals surface area contributed by atoms with Crippen molar-refractivity contribution in [1.29, 1.82) is 0 Å². The molecule has 0 spiro atoms. The number of amides is 2. The monoisotopic (exact) mass is 505 g/mol. The Morgan fingerprint density at radius 2 is 1.76 bits per heavy atom. The number of urea groups is 1. The maximum absolute atomic E-state index is 14.1. The number of halogens is 7. The zero-order valence-corrected chi connectivity index (χ0v) is 18.1. The zero-order chi connectivity index (χ0) is 24.9. The van der Waals surface area contributed by atoms with Crippen molar-refractivity contribution in [1.82, 2.24) is 10.4 Å². The fourth-order valence-electron chi connectivity index (χ4n) is 3.99. The van der Waals surface area contributed by atoms with Gasteiger partial charge in [-0.05, 0) is 47.7 Å². The second-order valence-corrected chi connectivity index (χ2v) is 8.67. The molecule has 4 rings (SSSR count). The second-order valence-electron chi connectivity index (χ2n) is 8.23. The average molecular weight is 506 g/mol. The fourth-order valence-corrected chi connectivity index (χ4v) is 4.22. The molecule has 0 aromatic heterocycles. The molecule has 5 nitrogen and oxygen atoms in total. The fraction of sp³-hybridized carbons (Fsp3) is 0.318. The maximum Gasteiger partial charge on any atom is 0.428 e. The Balaban J connectivity index is 1.61. The summed E-state index contributed by atoms with van der Waals surface area (Å²) >= 11 is 5.71. The molecule has 0 aliphatic carbocycles. The zero-order valence-electron chi connectivity index (χ0n) is 17.3. The minimum absolute atomic E-state index is 0.0547. The summed E-state index contributed by atoms with van der Waals surface area (Å²) in [5, 5.41) is -0.505. The van der Waals surface area contributed by atoms with Gasteiger partial charge in [-0.25, -0.2) is 4.79 Å². The predicted molar refractivity (Wildman–Crippen MR) is 111 cm³/mol. The molecule has 2 heterocycles. The maximum atomic E-state index is 14.1. The third-order valence-electron chi connectivity index (χ3n) is 5.80.